The van der Waals surface area contributed by atoms with Crippen molar-refractivity contribution < 1.29 is 18.0 Å². The number of aryl methyl sites for hydroxylation is 1. The lowest BCUT2D eigenvalue weighted by molar-refractivity contribution is -0.142. The Bertz CT molecular complexity index is 1540. The maximum Gasteiger partial charge on any atom is 0.433 e. The summed E-state index contributed by atoms with van der Waals surface area (Å²) in [5, 5.41) is 10.7. The summed E-state index contributed by atoms with van der Waals surface area (Å²) in [6.45, 7) is 2.50. The van der Waals surface area contributed by atoms with E-state index in [-0.39, 0.29) is 17.0 Å². The molecule has 0 bridgehead atoms. The molecule has 1 amide bonds. The number of hydrogen-bond acceptors (Lipinski definition) is 5. The molecule has 0 unspecified atom stereocenters. The van der Waals surface area contributed by atoms with Gasteiger partial charge in [-0.15, -0.1) is 11.3 Å². The summed E-state index contributed by atoms with van der Waals surface area (Å²) in [5.74, 6) is -0.681. The number of fused-ring (bicyclic) bond motifs is 1. The molecule has 0 spiro atoms. The highest BCUT2D eigenvalue weighted by Crippen LogP contribution is 2.35. The number of halogens is 4. The van der Waals surface area contributed by atoms with Gasteiger partial charge in [-0.05, 0) is 30.7 Å². The molecule has 178 valence electrons. The molecule has 0 fully saturated rings. The molecule has 0 aliphatic carbocycles. The molecule has 0 radical (unpaired) electrons. The average molecular weight is 517 g/mol. The minimum absolute atomic E-state index is 0.0889. The zero-order chi connectivity index (χ0) is 24.7. The van der Waals surface area contributed by atoms with E-state index in [0.29, 0.717) is 26.0 Å². The van der Waals surface area contributed by atoms with Crippen molar-refractivity contribution in [1.82, 2.24) is 24.4 Å². The lowest BCUT2D eigenvalue weighted by Crippen LogP contribution is -2.15. The maximum atomic E-state index is 13.8. The molecule has 0 aliphatic rings. The van der Waals surface area contributed by atoms with Crippen molar-refractivity contribution >= 4 is 40.2 Å². The first-order valence-corrected chi connectivity index (χ1v) is 11.5. The summed E-state index contributed by atoms with van der Waals surface area (Å²) < 4.78 is 44.0. The van der Waals surface area contributed by atoms with Gasteiger partial charge in [-0.3, -0.25) is 9.48 Å². The molecule has 35 heavy (non-hydrogen) atoms. The van der Waals surface area contributed by atoms with E-state index in [2.05, 4.69) is 20.5 Å². The number of hydrogen-bond donors (Lipinski definition) is 1. The molecule has 5 rings (SSSR count). The number of anilines is 1. The highest BCUT2D eigenvalue weighted by atomic mass is 35.5. The summed E-state index contributed by atoms with van der Waals surface area (Å²) in [4.78, 5) is 17.5. The first kappa shape index (κ1) is 23.1. The van der Waals surface area contributed by atoms with Gasteiger partial charge in [0, 0.05) is 12.3 Å². The molecular weight excluding hydrogens is 501 g/mol. The van der Waals surface area contributed by atoms with Crippen LogP contribution in [0.1, 0.15) is 27.3 Å². The summed E-state index contributed by atoms with van der Waals surface area (Å²) in [6, 6.07) is 13.2. The second kappa shape index (κ2) is 8.82. The molecule has 1 aromatic carbocycles. The third kappa shape index (κ3) is 4.91. The molecule has 5 aromatic rings. The summed E-state index contributed by atoms with van der Waals surface area (Å²) in [7, 11) is 0. The van der Waals surface area contributed by atoms with Crippen molar-refractivity contribution in [2.75, 3.05) is 5.32 Å². The lowest BCUT2D eigenvalue weighted by atomic mass is 10.1. The molecule has 4 aromatic heterocycles. The van der Waals surface area contributed by atoms with Crippen molar-refractivity contribution in [3.05, 3.63) is 87.8 Å². The van der Waals surface area contributed by atoms with Gasteiger partial charge in [-0.2, -0.15) is 23.4 Å². The van der Waals surface area contributed by atoms with Crippen LogP contribution >= 0.6 is 22.9 Å². The second-order valence-electron chi connectivity index (χ2n) is 7.79. The molecule has 12 heteroatoms. The Balaban J connectivity index is 1.41. The zero-order valence-electron chi connectivity index (χ0n) is 18.0. The van der Waals surface area contributed by atoms with Gasteiger partial charge in [-0.25, -0.2) is 9.50 Å². The van der Waals surface area contributed by atoms with E-state index >= 15 is 0 Å². The van der Waals surface area contributed by atoms with Crippen LogP contribution in [0.5, 0.6) is 0 Å². The van der Waals surface area contributed by atoms with Gasteiger partial charge < -0.3 is 5.32 Å². The van der Waals surface area contributed by atoms with Crippen LogP contribution < -0.4 is 5.32 Å². The summed E-state index contributed by atoms with van der Waals surface area (Å²) in [5.41, 5.74) is 1.28. The normalized spacial score (nSPS) is 11.8. The van der Waals surface area contributed by atoms with Crippen molar-refractivity contribution in [3.8, 4) is 10.6 Å². The predicted octanol–water partition coefficient (Wildman–Crippen LogP) is 5.94. The highest BCUT2D eigenvalue weighted by Gasteiger charge is 2.36. The van der Waals surface area contributed by atoms with Crippen molar-refractivity contribution in [3.63, 3.8) is 0 Å². The van der Waals surface area contributed by atoms with Crippen molar-refractivity contribution in [2.45, 2.75) is 19.6 Å². The van der Waals surface area contributed by atoms with E-state index in [1.54, 1.807) is 23.0 Å². The fourth-order valence-corrected chi connectivity index (χ4v) is 4.46. The van der Waals surface area contributed by atoms with Crippen LogP contribution in [0, 0.1) is 6.92 Å². The van der Waals surface area contributed by atoms with Crippen molar-refractivity contribution in [2.24, 2.45) is 0 Å². The highest BCUT2D eigenvalue weighted by molar-refractivity contribution is 7.19. The Morgan fingerprint density at radius 1 is 1.14 bits per heavy atom. The molecule has 0 saturated heterocycles. The zero-order valence-corrected chi connectivity index (χ0v) is 19.6. The fraction of sp³-hybridized carbons (Fsp3) is 0.130. The Labute approximate surface area is 205 Å². The number of nitrogens with zero attached hydrogens (tertiary/aromatic N) is 5. The van der Waals surface area contributed by atoms with E-state index < -0.39 is 17.8 Å². The van der Waals surface area contributed by atoms with E-state index in [1.807, 2.05) is 31.2 Å². The maximum absolute atomic E-state index is 13.8. The van der Waals surface area contributed by atoms with Gasteiger partial charge in [0.05, 0.1) is 33.3 Å². The van der Waals surface area contributed by atoms with Crippen LogP contribution in [0.25, 0.3) is 16.2 Å². The SMILES string of the molecule is Cc1ccc(Cn2cc(NC(=O)c3cc4nc(-c5ccc(Cl)s5)cc(C(F)(F)F)n4n3)cn2)cc1. The largest absolute Gasteiger partial charge is 0.433 e. The van der Waals surface area contributed by atoms with Crippen LogP contribution in [-0.4, -0.2) is 30.3 Å². The van der Waals surface area contributed by atoms with Crippen LogP contribution in [-0.2, 0) is 12.7 Å². The first-order valence-electron chi connectivity index (χ1n) is 10.3. The van der Waals surface area contributed by atoms with Gasteiger partial charge >= 0.3 is 6.18 Å². The third-order valence-corrected chi connectivity index (χ3v) is 6.39. The van der Waals surface area contributed by atoms with Crippen LogP contribution in [0.4, 0.5) is 18.9 Å². The number of rotatable bonds is 5. The Morgan fingerprint density at radius 2 is 1.91 bits per heavy atom. The first-order chi connectivity index (χ1) is 16.7. The van der Waals surface area contributed by atoms with E-state index in [9.17, 15) is 18.0 Å². The standard InChI is InChI=1S/C23H16ClF3N6OS/c1-13-2-4-14(5-3-13)11-32-12-15(10-28-32)29-22(34)17-9-21-30-16(18-6-7-20(24)35-18)8-19(23(25,26)27)33(21)31-17/h2-10,12H,11H2,1H3,(H,29,34). The molecule has 0 saturated carbocycles. The predicted molar refractivity (Wildman–Crippen MR) is 127 cm³/mol. The third-order valence-electron chi connectivity index (χ3n) is 5.13. The molecule has 0 atom stereocenters. The van der Waals surface area contributed by atoms with Crippen molar-refractivity contribution in [1.29, 1.82) is 0 Å². The number of amides is 1. The topological polar surface area (TPSA) is 77.1 Å². The molecule has 4 heterocycles. The van der Waals surface area contributed by atoms with Gasteiger partial charge in [0.15, 0.2) is 17.0 Å². The summed E-state index contributed by atoms with van der Waals surface area (Å²) >= 11 is 7.03. The molecule has 7 nitrogen and oxygen atoms in total. The van der Waals surface area contributed by atoms with E-state index in [0.717, 1.165) is 28.5 Å². The van der Waals surface area contributed by atoms with Gasteiger partial charge in [-0.1, -0.05) is 41.4 Å². The van der Waals surface area contributed by atoms with E-state index in [4.69, 9.17) is 11.6 Å². The number of nitrogens with one attached hydrogen (secondary N) is 1. The van der Waals surface area contributed by atoms with E-state index in [1.165, 1.54) is 12.3 Å². The Hall–Kier alpha value is -3.70. The second-order valence-corrected chi connectivity index (χ2v) is 9.51. The van der Waals surface area contributed by atoms with Gasteiger partial charge in [0.2, 0.25) is 0 Å². The lowest BCUT2D eigenvalue weighted by Gasteiger charge is -2.10. The minimum Gasteiger partial charge on any atom is -0.318 e. The number of carbonyl (C=O) groups excluding carboxylic acids is 1. The van der Waals surface area contributed by atoms with Crippen LogP contribution in [0.3, 0.4) is 0 Å². The molecule has 0 aliphatic heterocycles. The van der Waals surface area contributed by atoms with Crippen LogP contribution in [0.2, 0.25) is 4.34 Å². The number of benzene rings is 1. The van der Waals surface area contributed by atoms with Crippen LogP contribution in [0.15, 0.2) is 60.9 Å². The quantitative estimate of drug-likeness (QED) is 0.314. The summed E-state index contributed by atoms with van der Waals surface area (Å²) in [6.07, 6.45) is -1.63. The number of alkyl halides is 3. The molecule has 1 N–H and O–H groups in total. The minimum atomic E-state index is -4.71. The fourth-order valence-electron chi connectivity index (χ4n) is 3.46. The number of carbonyl (C=O) groups is 1. The average Bonchev–Trinajstić information content (AvgIpc) is 3.53. The Kier molecular flexibility index (Phi) is 5.81. The van der Waals surface area contributed by atoms with Gasteiger partial charge in [0.25, 0.3) is 5.91 Å². The number of aromatic nitrogens is 5. The molecular formula is C23H16ClF3N6OS. The van der Waals surface area contributed by atoms with Gasteiger partial charge in [0.1, 0.15) is 0 Å². The number of thiophene rings is 1. The monoisotopic (exact) mass is 516 g/mol. The Morgan fingerprint density at radius 3 is 2.60 bits per heavy atom. The smallest absolute Gasteiger partial charge is 0.318 e.